The van der Waals surface area contributed by atoms with Crippen molar-refractivity contribution >= 4 is 28.9 Å². The fraction of sp³-hybridized carbons (Fsp3) is 0.391. The zero-order valence-corrected chi connectivity index (χ0v) is 19.9. The third-order valence-corrected chi connectivity index (χ3v) is 6.65. The van der Waals surface area contributed by atoms with Gasteiger partial charge in [0.25, 0.3) is 0 Å². The number of nitrogens with zero attached hydrogens (tertiary/aromatic N) is 3. The number of aliphatic hydroxyl groups is 1. The van der Waals surface area contributed by atoms with Crippen LogP contribution in [0, 0.1) is 12.3 Å². The molecule has 0 aliphatic carbocycles. The number of carboxylic acids is 1. The van der Waals surface area contributed by atoms with Crippen LogP contribution < -0.4 is 5.32 Å². The SMILES string of the molecule is Cc1cc(Nc2nccc(C(F)(F)F)n2)cc(-c2cnc([C@@](C)(O)CCC(C)(C)C(=O)O)s2)c1. The molecule has 7 nitrogen and oxygen atoms in total. The molecule has 1 aromatic carbocycles. The van der Waals surface area contributed by atoms with Crippen molar-refractivity contribution in [2.24, 2.45) is 5.41 Å². The number of rotatable bonds is 8. The summed E-state index contributed by atoms with van der Waals surface area (Å²) >= 11 is 1.27. The van der Waals surface area contributed by atoms with E-state index >= 15 is 0 Å². The van der Waals surface area contributed by atoms with Crippen LogP contribution in [0.1, 0.15) is 49.9 Å². The van der Waals surface area contributed by atoms with E-state index in [1.165, 1.54) is 11.3 Å². The van der Waals surface area contributed by atoms with E-state index in [1.54, 1.807) is 39.1 Å². The van der Waals surface area contributed by atoms with Gasteiger partial charge in [-0.3, -0.25) is 4.79 Å². The minimum absolute atomic E-state index is 0.180. The summed E-state index contributed by atoms with van der Waals surface area (Å²) in [5.74, 6) is -1.12. The Bertz CT molecular complexity index is 1190. The quantitative estimate of drug-likeness (QED) is 0.365. The highest BCUT2D eigenvalue weighted by Crippen LogP contribution is 2.38. The average Bonchev–Trinajstić information content (AvgIpc) is 3.23. The van der Waals surface area contributed by atoms with Gasteiger partial charge in [-0.1, -0.05) is 6.07 Å². The van der Waals surface area contributed by atoms with Gasteiger partial charge in [-0.25, -0.2) is 15.0 Å². The van der Waals surface area contributed by atoms with Crippen LogP contribution in [0.15, 0.2) is 36.7 Å². The van der Waals surface area contributed by atoms with Gasteiger partial charge in [0.1, 0.15) is 16.3 Å². The predicted octanol–water partition coefficient (Wildman–Crippen LogP) is 5.77. The normalized spacial score (nSPS) is 14.0. The molecule has 0 saturated carbocycles. The predicted molar refractivity (Wildman–Crippen MR) is 123 cm³/mol. The maximum Gasteiger partial charge on any atom is 0.433 e. The minimum Gasteiger partial charge on any atom is -0.481 e. The number of aryl methyl sites for hydroxylation is 1. The number of anilines is 2. The first-order valence-electron chi connectivity index (χ1n) is 10.4. The summed E-state index contributed by atoms with van der Waals surface area (Å²) in [6.45, 7) is 6.65. The fourth-order valence-electron chi connectivity index (χ4n) is 3.13. The number of alkyl halides is 3. The highest BCUT2D eigenvalue weighted by molar-refractivity contribution is 7.15. The second-order valence-corrected chi connectivity index (χ2v) is 10.00. The Kier molecular flexibility index (Phi) is 6.99. The Morgan fingerprint density at radius 3 is 2.47 bits per heavy atom. The monoisotopic (exact) mass is 494 g/mol. The molecule has 0 radical (unpaired) electrons. The smallest absolute Gasteiger partial charge is 0.433 e. The van der Waals surface area contributed by atoms with Crippen LogP contribution in [0.25, 0.3) is 10.4 Å². The Balaban J connectivity index is 1.82. The van der Waals surface area contributed by atoms with Gasteiger partial charge in [0.2, 0.25) is 5.95 Å². The van der Waals surface area contributed by atoms with Crippen LogP contribution in [0.3, 0.4) is 0 Å². The summed E-state index contributed by atoms with van der Waals surface area (Å²) in [6.07, 6.45) is -1.45. The number of benzene rings is 1. The van der Waals surface area contributed by atoms with Gasteiger partial charge < -0.3 is 15.5 Å². The zero-order chi connectivity index (χ0) is 25.3. The van der Waals surface area contributed by atoms with Gasteiger partial charge in [-0.2, -0.15) is 13.2 Å². The maximum absolute atomic E-state index is 12.9. The molecule has 0 amide bonds. The number of aromatic nitrogens is 3. The number of thiazole rings is 1. The first kappa shape index (κ1) is 25.6. The number of aliphatic carboxylic acids is 1. The topological polar surface area (TPSA) is 108 Å². The zero-order valence-electron chi connectivity index (χ0n) is 19.1. The van der Waals surface area contributed by atoms with Crippen LogP contribution >= 0.6 is 11.3 Å². The third-order valence-electron chi connectivity index (χ3n) is 5.35. The molecule has 3 N–H and O–H groups in total. The lowest BCUT2D eigenvalue weighted by molar-refractivity contribution is -0.148. The number of carbonyl (C=O) groups is 1. The van der Waals surface area contributed by atoms with E-state index in [0.29, 0.717) is 10.7 Å². The van der Waals surface area contributed by atoms with E-state index in [1.807, 2.05) is 13.0 Å². The summed E-state index contributed by atoms with van der Waals surface area (Å²) in [6, 6.07) is 6.17. The molecule has 34 heavy (non-hydrogen) atoms. The van der Waals surface area contributed by atoms with Crippen molar-refractivity contribution in [1.29, 1.82) is 0 Å². The van der Waals surface area contributed by atoms with Crippen molar-refractivity contribution in [3.05, 3.63) is 52.9 Å². The van der Waals surface area contributed by atoms with Crippen LogP contribution in [-0.4, -0.2) is 31.1 Å². The first-order chi connectivity index (χ1) is 15.7. The second kappa shape index (κ2) is 9.30. The Hall–Kier alpha value is -3.05. The standard InChI is InChI=1S/C23H25F3N4O3S/c1-13-9-14(11-15(10-13)29-20-27-8-5-17(30-20)23(24,25)26)16-12-28-18(34-16)22(4,33)7-6-21(2,3)19(31)32/h5,8-12,33H,6-7H2,1-4H3,(H,31,32)(H,27,29,30)/t22-/m0/s1. The molecule has 0 bridgehead atoms. The van der Waals surface area contributed by atoms with Gasteiger partial charge in [-0.15, -0.1) is 11.3 Å². The number of nitrogens with one attached hydrogen (secondary N) is 1. The molecule has 0 unspecified atom stereocenters. The van der Waals surface area contributed by atoms with Gasteiger partial charge >= 0.3 is 12.1 Å². The van der Waals surface area contributed by atoms with Crippen LogP contribution in [0.4, 0.5) is 24.8 Å². The summed E-state index contributed by atoms with van der Waals surface area (Å²) in [5, 5.41) is 23.5. The van der Waals surface area contributed by atoms with Gasteiger partial charge in [0.15, 0.2) is 0 Å². The van der Waals surface area contributed by atoms with Crippen LogP contribution in [0.2, 0.25) is 0 Å². The minimum atomic E-state index is -4.58. The highest BCUT2D eigenvalue weighted by Gasteiger charge is 2.34. The van der Waals surface area contributed by atoms with Crippen molar-refractivity contribution < 1.29 is 28.2 Å². The first-order valence-corrected chi connectivity index (χ1v) is 11.2. The molecule has 2 aromatic heterocycles. The summed E-state index contributed by atoms with van der Waals surface area (Å²) in [7, 11) is 0. The average molecular weight is 495 g/mol. The maximum atomic E-state index is 12.9. The van der Waals surface area contributed by atoms with E-state index in [2.05, 4.69) is 20.3 Å². The van der Waals surface area contributed by atoms with Crippen molar-refractivity contribution in [2.45, 2.75) is 52.3 Å². The van der Waals surface area contributed by atoms with E-state index in [-0.39, 0.29) is 18.8 Å². The Labute approximate surface area is 198 Å². The van der Waals surface area contributed by atoms with Crippen LogP contribution in [-0.2, 0) is 16.6 Å². The molecule has 182 valence electrons. The lowest BCUT2D eigenvalue weighted by Gasteiger charge is -2.26. The Morgan fingerprint density at radius 2 is 1.82 bits per heavy atom. The Morgan fingerprint density at radius 1 is 1.12 bits per heavy atom. The summed E-state index contributed by atoms with van der Waals surface area (Å²) in [5.41, 5.74) is -1.24. The molecule has 0 aliphatic rings. The molecular weight excluding hydrogens is 469 g/mol. The van der Waals surface area contributed by atoms with Gasteiger partial charge in [-0.05, 0) is 69.9 Å². The van der Waals surface area contributed by atoms with E-state index < -0.39 is 28.9 Å². The molecule has 0 spiro atoms. The molecule has 3 rings (SSSR count). The lowest BCUT2D eigenvalue weighted by atomic mass is 9.84. The molecule has 0 saturated heterocycles. The highest BCUT2D eigenvalue weighted by atomic mass is 32.1. The largest absolute Gasteiger partial charge is 0.481 e. The van der Waals surface area contributed by atoms with Crippen molar-refractivity contribution in [3.63, 3.8) is 0 Å². The van der Waals surface area contributed by atoms with Crippen LogP contribution in [0.5, 0.6) is 0 Å². The number of hydrogen-bond donors (Lipinski definition) is 3. The molecule has 11 heteroatoms. The number of halogens is 3. The molecule has 1 atom stereocenters. The van der Waals surface area contributed by atoms with Crippen molar-refractivity contribution in [2.75, 3.05) is 5.32 Å². The summed E-state index contributed by atoms with van der Waals surface area (Å²) < 4.78 is 38.8. The number of hydrogen-bond acceptors (Lipinski definition) is 7. The molecule has 3 aromatic rings. The van der Waals surface area contributed by atoms with Gasteiger partial charge in [0.05, 0.1) is 10.3 Å². The second-order valence-electron chi connectivity index (χ2n) is 8.97. The van der Waals surface area contributed by atoms with E-state index in [4.69, 9.17) is 0 Å². The number of carboxylic acid groups (broad SMARTS) is 1. The van der Waals surface area contributed by atoms with E-state index in [0.717, 1.165) is 28.3 Å². The summed E-state index contributed by atoms with van der Waals surface area (Å²) in [4.78, 5) is 23.8. The van der Waals surface area contributed by atoms with Crippen molar-refractivity contribution in [3.8, 4) is 10.4 Å². The lowest BCUT2D eigenvalue weighted by Crippen LogP contribution is -2.29. The molecular formula is C23H25F3N4O3S. The van der Waals surface area contributed by atoms with Gasteiger partial charge in [0, 0.05) is 18.1 Å². The molecule has 0 aliphatic heterocycles. The van der Waals surface area contributed by atoms with E-state index in [9.17, 15) is 28.2 Å². The molecule has 2 heterocycles. The fourth-order valence-corrected chi connectivity index (χ4v) is 4.11. The molecule has 0 fully saturated rings. The third kappa shape index (κ3) is 6.09. The van der Waals surface area contributed by atoms with Crippen molar-refractivity contribution in [1.82, 2.24) is 15.0 Å².